The molecule has 47 heavy (non-hydrogen) atoms. The second kappa shape index (κ2) is 18.1. The molecule has 0 atom stereocenters. The molecular weight excluding hydrogens is 607 g/mol. The zero-order valence-corrected chi connectivity index (χ0v) is 27.5. The van der Waals surface area contributed by atoms with Gasteiger partial charge in [-0.15, -0.1) is 0 Å². The number of amides is 3. The highest BCUT2D eigenvalue weighted by molar-refractivity contribution is 5.79. The molecule has 3 heterocycles. The number of aliphatic hydroxyl groups excluding tert-OH is 3. The first-order valence-electron chi connectivity index (χ1n) is 16.9. The van der Waals surface area contributed by atoms with E-state index in [1.807, 2.05) is 12.4 Å². The number of aromatic nitrogens is 2. The standard InChI is InChI=1S/C34H51FN6O6/c1-2-25-18-37-32(38-19-25)40-13-10-26(11-14-40)7-5-15-47-29-9-8-28(30(35)17-29)16-31(45)41-20-27(21-41)6-3-4-12-36-33(46)39-34(22-42,23-43)24-44/h8-9,17-19,26-27,42-44H,2-7,10-16,20-24H2,1H3,(H2,36,39,46). The molecule has 3 amide bonds. The van der Waals surface area contributed by atoms with Gasteiger partial charge in [0, 0.05) is 51.2 Å². The molecule has 0 radical (unpaired) electrons. The molecule has 12 nitrogen and oxygen atoms in total. The zero-order chi connectivity index (χ0) is 33.6. The number of unbranched alkanes of at least 4 members (excludes halogenated alkanes) is 1. The molecule has 1 aromatic carbocycles. The number of hydrogen-bond acceptors (Lipinski definition) is 9. The number of nitrogens with zero attached hydrogens (tertiary/aromatic N) is 4. The summed E-state index contributed by atoms with van der Waals surface area (Å²) in [5, 5.41) is 32.9. The van der Waals surface area contributed by atoms with E-state index < -0.39 is 37.2 Å². The number of ether oxygens (including phenoxy) is 1. The van der Waals surface area contributed by atoms with Gasteiger partial charge >= 0.3 is 6.03 Å². The van der Waals surface area contributed by atoms with E-state index >= 15 is 0 Å². The van der Waals surface area contributed by atoms with Crippen molar-refractivity contribution in [2.75, 3.05) is 64.1 Å². The Morgan fingerprint density at radius 2 is 1.68 bits per heavy atom. The summed E-state index contributed by atoms with van der Waals surface area (Å²) in [6.45, 7) is 4.47. The van der Waals surface area contributed by atoms with Gasteiger partial charge in [0.25, 0.3) is 0 Å². The Hall–Kier alpha value is -3.55. The van der Waals surface area contributed by atoms with Crippen molar-refractivity contribution in [3.63, 3.8) is 0 Å². The van der Waals surface area contributed by atoms with Crippen molar-refractivity contribution < 1.29 is 34.0 Å². The van der Waals surface area contributed by atoms with Crippen molar-refractivity contribution in [2.24, 2.45) is 11.8 Å². The molecule has 2 aliphatic rings. The summed E-state index contributed by atoms with van der Waals surface area (Å²) in [6.07, 6.45) is 11.4. The van der Waals surface area contributed by atoms with Crippen LogP contribution in [0.15, 0.2) is 30.6 Å². The summed E-state index contributed by atoms with van der Waals surface area (Å²) in [7, 11) is 0. The van der Waals surface area contributed by atoms with Crippen LogP contribution in [0.3, 0.4) is 0 Å². The predicted molar refractivity (Wildman–Crippen MR) is 176 cm³/mol. The predicted octanol–water partition coefficient (Wildman–Crippen LogP) is 2.44. The summed E-state index contributed by atoms with van der Waals surface area (Å²) < 4.78 is 20.6. The lowest BCUT2D eigenvalue weighted by atomic mass is 9.92. The number of likely N-dealkylation sites (tertiary alicyclic amines) is 1. The topological polar surface area (TPSA) is 160 Å². The molecule has 0 saturated carbocycles. The van der Waals surface area contributed by atoms with Crippen LogP contribution in [0, 0.1) is 17.7 Å². The maximum atomic E-state index is 14.8. The first-order valence-corrected chi connectivity index (χ1v) is 16.9. The molecule has 0 bridgehead atoms. The largest absolute Gasteiger partial charge is 0.493 e. The number of nitrogens with one attached hydrogen (secondary N) is 2. The Morgan fingerprint density at radius 1 is 1.00 bits per heavy atom. The highest BCUT2D eigenvalue weighted by Gasteiger charge is 2.31. The SMILES string of the molecule is CCc1cnc(N2CCC(CCCOc3ccc(CC(=O)N4CC(CCCCNC(=O)NC(CO)(CO)CO)C4)c(F)c3)CC2)nc1. The van der Waals surface area contributed by atoms with E-state index in [1.54, 1.807) is 17.0 Å². The van der Waals surface area contributed by atoms with Gasteiger partial charge in [0.05, 0.1) is 32.8 Å². The molecule has 5 N–H and O–H groups in total. The van der Waals surface area contributed by atoms with Crippen LogP contribution in [0.5, 0.6) is 5.75 Å². The van der Waals surface area contributed by atoms with Gasteiger partial charge in [-0.05, 0) is 74.0 Å². The van der Waals surface area contributed by atoms with E-state index in [-0.39, 0.29) is 12.3 Å². The second-order valence-corrected chi connectivity index (χ2v) is 12.9. The Morgan fingerprint density at radius 3 is 2.32 bits per heavy atom. The summed E-state index contributed by atoms with van der Waals surface area (Å²) in [5.41, 5.74) is 0.0533. The first-order chi connectivity index (χ1) is 22.8. The zero-order valence-electron chi connectivity index (χ0n) is 27.5. The van der Waals surface area contributed by atoms with Crippen LogP contribution >= 0.6 is 0 Å². The van der Waals surface area contributed by atoms with Crippen molar-refractivity contribution in [3.05, 3.63) is 47.5 Å². The Kier molecular flexibility index (Phi) is 14.0. The number of benzene rings is 1. The van der Waals surface area contributed by atoms with Crippen molar-refractivity contribution in [3.8, 4) is 5.75 Å². The smallest absolute Gasteiger partial charge is 0.315 e. The Labute approximate surface area is 276 Å². The van der Waals surface area contributed by atoms with E-state index in [0.29, 0.717) is 49.4 Å². The number of carbonyl (C=O) groups is 2. The third-order valence-electron chi connectivity index (χ3n) is 9.31. The third-order valence-corrected chi connectivity index (χ3v) is 9.31. The third kappa shape index (κ3) is 10.7. The molecule has 4 rings (SSSR count). The van der Waals surface area contributed by atoms with Crippen LogP contribution in [0.1, 0.15) is 63.0 Å². The number of carbonyl (C=O) groups excluding carboxylic acids is 2. The van der Waals surface area contributed by atoms with Crippen LogP contribution < -0.4 is 20.3 Å². The molecule has 0 unspecified atom stereocenters. The average Bonchev–Trinajstić information content (AvgIpc) is 3.07. The first kappa shape index (κ1) is 36.3. The number of halogens is 1. The maximum absolute atomic E-state index is 14.8. The maximum Gasteiger partial charge on any atom is 0.315 e. The number of aryl methyl sites for hydroxylation is 1. The van der Waals surface area contributed by atoms with Gasteiger partial charge < -0.3 is 40.5 Å². The quantitative estimate of drug-likeness (QED) is 0.152. The molecule has 13 heteroatoms. The number of urea groups is 1. The van der Waals surface area contributed by atoms with Crippen LogP contribution in [-0.4, -0.2) is 107 Å². The van der Waals surface area contributed by atoms with Gasteiger partial charge in [0.15, 0.2) is 0 Å². The minimum Gasteiger partial charge on any atom is -0.493 e. The molecule has 0 spiro atoms. The fourth-order valence-electron chi connectivity index (χ4n) is 5.98. The number of piperidine rings is 1. The molecule has 1 aromatic heterocycles. The number of aliphatic hydroxyl groups is 3. The highest BCUT2D eigenvalue weighted by Crippen LogP contribution is 2.26. The number of anilines is 1. The molecule has 2 saturated heterocycles. The lowest BCUT2D eigenvalue weighted by Gasteiger charge is -2.39. The molecule has 2 fully saturated rings. The van der Waals surface area contributed by atoms with Gasteiger partial charge in [-0.1, -0.05) is 19.4 Å². The van der Waals surface area contributed by atoms with Crippen LogP contribution in [0.25, 0.3) is 0 Å². The van der Waals surface area contributed by atoms with E-state index in [1.165, 1.54) is 6.07 Å². The van der Waals surface area contributed by atoms with Gasteiger partial charge in [0.1, 0.15) is 17.1 Å². The number of rotatable bonds is 18. The fourth-order valence-corrected chi connectivity index (χ4v) is 5.98. The van der Waals surface area contributed by atoms with Crippen molar-refractivity contribution in [1.29, 1.82) is 0 Å². The molecular formula is C34H51FN6O6. The summed E-state index contributed by atoms with van der Waals surface area (Å²) in [6, 6.07) is 4.18. The van der Waals surface area contributed by atoms with Crippen molar-refractivity contribution >= 4 is 17.9 Å². The number of hydrogen-bond donors (Lipinski definition) is 5. The molecule has 0 aliphatic carbocycles. The normalized spacial score (nSPS) is 15.8. The summed E-state index contributed by atoms with van der Waals surface area (Å²) in [5.74, 6) is 1.77. The van der Waals surface area contributed by atoms with Crippen molar-refractivity contribution in [2.45, 2.75) is 70.3 Å². The molecule has 2 aromatic rings. The summed E-state index contributed by atoms with van der Waals surface area (Å²) in [4.78, 5) is 37.7. The lowest BCUT2D eigenvalue weighted by Crippen LogP contribution is -2.59. The monoisotopic (exact) mass is 658 g/mol. The van der Waals surface area contributed by atoms with Crippen molar-refractivity contribution in [1.82, 2.24) is 25.5 Å². The second-order valence-electron chi connectivity index (χ2n) is 12.9. The van der Waals surface area contributed by atoms with E-state index in [9.17, 15) is 29.3 Å². The Balaban J connectivity index is 1.05. The molecule has 260 valence electrons. The average molecular weight is 659 g/mol. The van der Waals surface area contributed by atoms with Crippen LogP contribution in [0.2, 0.25) is 0 Å². The van der Waals surface area contributed by atoms with Gasteiger partial charge in [-0.25, -0.2) is 19.2 Å². The van der Waals surface area contributed by atoms with E-state index in [4.69, 9.17) is 4.74 Å². The van der Waals surface area contributed by atoms with Gasteiger partial charge in [0.2, 0.25) is 11.9 Å². The van der Waals surface area contributed by atoms with Crippen LogP contribution in [0.4, 0.5) is 15.1 Å². The summed E-state index contributed by atoms with van der Waals surface area (Å²) >= 11 is 0. The fraction of sp³-hybridized carbons (Fsp3) is 0.647. The minimum atomic E-state index is -1.46. The van der Waals surface area contributed by atoms with Gasteiger partial charge in [-0.2, -0.15) is 0 Å². The Bertz CT molecular complexity index is 1260. The lowest BCUT2D eigenvalue weighted by molar-refractivity contribution is -0.137. The molecule has 2 aliphatic heterocycles. The van der Waals surface area contributed by atoms with Crippen LogP contribution in [-0.2, 0) is 17.6 Å². The van der Waals surface area contributed by atoms with Gasteiger partial charge in [-0.3, -0.25) is 4.79 Å². The van der Waals surface area contributed by atoms with E-state index in [2.05, 4.69) is 32.4 Å². The minimum absolute atomic E-state index is 0.0152. The highest BCUT2D eigenvalue weighted by atomic mass is 19.1. The van der Waals surface area contributed by atoms with E-state index in [0.717, 1.165) is 76.0 Å².